The topological polar surface area (TPSA) is 112 Å². The predicted molar refractivity (Wildman–Crippen MR) is 191 cm³/mol. The van der Waals surface area contributed by atoms with Gasteiger partial charge in [-0.2, -0.15) is 41.6 Å². The van der Waals surface area contributed by atoms with Gasteiger partial charge in [0.25, 0.3) is 0 Å². The number of likely N-dealkylation sites (tertiary alicyclic amines) is 1. The van der Waals surface area contributed by atoms with E-state index in [2.05, 4.69) is 9.97 Å². The largest absolute Gasteiger partial charge is 0.461 e. The molecule has 300 valence electrons. The summed E-state index contributed by atoms with van der Waals surface area (Å²) in [5.41, 5.74) is -2.35. The lowest BCUT2D eigenvalue weighted by Crippen LogP contribution is -2.44. The number of rotatable bonds is 9. The van der Waals surface area contributed by atoms with Crippen molar-refractivity contribution in [1.29, 1.82) is 5.26 Å². The molecule has 7 rings (SSSR count). The first-order valence-electron chi connectivity index (χ1n) is 18.0. The third-order valence-electron chi connectivity index (χ3n) is 11.0. The first-order chi connectivity index (χ1) is 26.4. The number of anilines is 2. The molecule has 1 amide bonds. The van der Waals surface area contributed by atoms with Crippen molar-refractivity contribution in [2.75, 3.05) is 56.6 Å². The zero-order chi connectivity index (χ0) is 40.5. The number of fused-ring (bicyclic) bond motifs is 3. The summed E-state index contributed by atoms with van der Waals surface area (Å²) < 4.78 is 143. The molecule has 3 aliphatic rings. The highest BCUT2D eigenvalue weighted by molar-refractivity contribution is 7.23. The van der Waals surface area contributed by atoms with Crippen molar-refractivity contribution in [2.24, 2.45) is 5.92 Å². The minimum Gasteiger partial charge on any atom is -0.461 e. The summed E-state index contributed by atoms with van der Waals surface area (Å²) in [5.74, 6) is -2.17. The molecule has 5 heterocycles. The number of hydrogen-bond donors (Lipinski definition) is 1. The summed E-state index contributed by atoms with van der Waals surface area (Å²) in [6, 6.07) is 2.09. The van der Waals surface area contributed by atoms with E-state index in [0.29, 0.717) is 42.9 Å². The number of alkyl halides is 8. The number of nitrogens with two attached hydrogens (primary N) is 1. The van der Waals surface area contributed by atoms with E-state index in [4.69, 9.17) is 10.5 Å². The van der Waals surface area contributed by atoms with Gasteiger partial charge in [-0.05, 0) is 43.5 Å². The number of benzene rings is 2. The highest BCUT2D eigenvalue weighted by atomic mass is 32.1. The molecular formula is C37H36F9N7O2S. The maximum Gasteiger partial charge on any atom is 0.419 e. The van der Waals surface area contributed by atoms with Crippen LogP contribution in [-0.4, -0.2) is 89.4 Å². The first kappa shape index (κ1) is 39.7. The van der Waals surface area contributed by atoms with Gasteiger partial charge in [0.2, 0.25) is 5.91 Å². The molecule has 0 saturated carbocycles. The molecule has 3 atom stereocenters. The van der Waals surface area contributed by atoms with Crippen LogP contribution >= 0.6 is 11.3 Å². The Labute approximate surface area is 318 Å². The summed E-state index contributed by atoms with van der Waals surface area (Å²) in [5, 5.41) is 8.29. The Kier molecular flexibility index (Phi) is 10.2. The van der Waals surface area contributed by atoms with E-state index in [1.54, 1.807) is 19.9 Å². The molecule has 2 aromatic heterocycles. The van der Waals surface area contributed by atoms with Crippen LogP contribution in [0.5, 0.6) is 6.01 Å². The van der Waals surface area contributed by atoms with Crippen LogP contribution in [0.15, 0.2) is 18.2 Å². The van der Waals surface area contributed by atoms with Crippen LogP contribution in [0.1, 0.15) is 56.2 Å². The van der Waals surface area contributed by atoms with Crippen LogP contribution in [0.4, 0.5) is 50.3 Å². The molecule has 0 spiro atoms. The molecule has 2 N–H and O–H groups in total. The quantitative estimate of drug-likeness (QED) is 0.169. The summed E-state index contributed by atoms with van der Waals surface area (Å²) in [6.07, 6.45) is -10.8. The van der Waals surface area contributed by atoms with E-state index in [9.17, 15) is 18.8 Å². The molecule has 19 heteroatoms. The molecule has 56 heavy (non-hydrogen) atoms. The number of ether oxygens (including phenoxy) is 1. The van der Waals surface area contributed by atoms with Crippen LogP contribution in [0.25, 0.3) is 32.1 Å². The van der Waals surface area contributed by atoms with Gasteiger partial charge in [-0.1, -0.05) is 19.9 Å². The molecule has 0 radical (unpaired) electrons. The fourth-order valence-corrected chi connectivity index (χ4v) is 9.51. The van der Waals surface area contributed by atoms with E-state index < -0.39 is 116 Å². The fourth-order valence-electron chi connectivity index (χ4n) is 8.56. The Hall–Kier alpha value is -4.57. The van der Waals surface area contributed by atoms with Crippen molar-refractivity contribution in [3.8, 4) is 23.2 Å². The van der Waals surface area contributed by atoms with Crippen molar-refractivity contribution >= 4 is 49.1 Å². The standard InChI is InChI=1S/C37H36F9N7O2S/c1-18(2)33(54)51-10-6-20(16-51)53(11-8-38)32-22-12-24(36(41,42)43)27(21-4-5-25(40)30-26(21)23(14-47)31(48)56-30)28(37(44,45)46)29(22)49-34(50-32)55-17-35-7-3-9-52(35)15-19(39)13-35/h4-5,12,18-20H,3,6-11,13,15-17,48H2,1-2H3/t19-,20+,35+/m1/s1. The van der Waals surface area contributed by atoms with Gasteiger partial charge in [0.1, 0.15) is 42.2 Å². The van der Waals surface area contributed by atoms with E-state index in [0.717, 1.165) is 6.07 Å². The van der Waals surface area contributed by atoms with Crippen molar-refractivity contribution in [3.05, 3.63) is 40.7 Å². The van der Waals surface area contributed by atoms with Crippen LogP contribution in [0.3, 0.4) is 0 Å². The minimum absolute atomic E-state index is 0.0188. The van der Waals surface area contributed by atoms with Crippen molar-refractivity contribution in [2.45, 2.75) is 69.6 Å². The SMILES string of the molecule is CC(C)C(=O)N1CC[C@H](N(CCF)c2nc(OC[C@@]34CCCN3C[C@H](F)C4)nc3c(C(F)(F)F)c(-c4ccc(F)c5sc(N)c(C#N)c45)c(C(F)(F)F)cc23)C1. The molecule has 9 nitrogen and oxygen atoms in total. The van der Waals surface area contributed by atoms with Gasteiger partial charge in [0, 0.05) is 60.9 Å². The molecule has 3 aliphatic heterocycles. The molecule has 3 saturated heterocycles. The molecule has 0 unspecified atom stereocenters. The number of amides is 1. The summed E-state index contributed by atoms with van der Waals surface area (Å²) >= 11 is 0.498. The Morgan fingerprint density at radius 3 is 2.57 bits per heavy atom. The molecule has 3 fully saturated rings. The zero-order valence-electron chi connectivity index (χ0n) is 30.1. The summed E-state index contributed by atoms with van der Waals surface area (Å²) in [7, 11) is 0. The maximum atomic E-state index is 15.7. The Balaban J connectivity index is 1.53. The summed E-state index contributed by atoms with van der Waals surface area (Å²) in [6.45, 7) is 2.32. The van der Waals surface area contributed by atoms with E-state index >= 15 is 30.7 Å². The number of thiophene rings is 1. The molecule has 0 bridgehead atoms. The molecule has 0 aliphatic carbocycles. The number of halogens is 9. The Morgan fingerprint density at radius 1 is 1.16 bits per heavy atom. The van der Waals surface area contributed by atoms with Crippen molar-refractivity contribution < 1.29 is 49.0 Å². The van der Waals surface area contributed by atoms with Gasteiger partial charge in [-0.15, -0.1) is 11.3 Å². The predicted octanol–water partition coefficient (Wildman–Crippen LogP) is 8.13. The van der Waals surface area contributed by atoms with Crippen molar-refractivity contribution in [3.63, 3.8) is 0 Å². The van der Waals surface area contributed by atoms with E-state index in [1.807, 2.05) is 4.90 Å². The molecule has 2 aromatic carbocycles. The van der Waals surface area contributed by atoms with Gasteiger partial charge < -0.3 is 20.3 Å². The third-order valence-corrected chi connectivity index (χ3v) is 12.0. The number of nitriles is 1. The monoisotopic (exact) mass is 813 g/mol. The Bertz CT molecular complexity index is 2240. The number of nitrogens with zero attached hydrogens (tertiary/aromatic N) is 6. The average Bonchev–Trinajstić information content (AvgIpc) is 3.90. The fraction of sp³-hybridized carbons (Fsp3) is 0.514. The average molecular weight is 814 g/mol. The Morgan fingerprint density at radius 2 is 1.91 bits per heavy atom. The highest BCUT2D eigenvalue weighted by Gasteiger charge is 2.50. The second-order valence-electron chi connectivity index (χ2n) is 14.8. The second kappa shape index (κ2) is 14.4. The van der Waals surface area contributed by atoms with E-state index in [-0.39, 0.29) is 50.0 Å². The minimum atomic E-state index is -5.58. The van der Waals surface area contributed by atoms with Gasteiger partial charge in [0.05, 0.1) is 32.4 Å². The van der Waals surface area contributed by atoms with Crippen LogP contribution in [-0.2, 0) is 17.1 Å². The zero-order valence-corrected chi connectivity index (χ0v) is 30.9. The lowest BCUT2D eigenvalue weighted by Gasteiger charge is -2.33. The maximum absolute atomic E-state index is 15.7. The number of carbonyl (C=O) groups excluding carboxylic acids is 1. The van der Waals surface area contributed by atoms with Crippen LogP contribution < -0.4 is 15.4 Å². The number of nitrogen functional groups attached to an aromatic ring is 1. The lowest BCUT2D eigenvalue weighted by molar-refractivity contribution is -0.141. The number of hydrogen-bond acceptors (Lipinski definition) is 9. The normalized spacial score (nSPS) is 21.7. The number of carbonyl (C=O) groups is 1. The number of aromatic nitrogens is 2. The second-order valence-corrected chi connectivity index (χ2v) is 15.8. The molecule has 4 aromatic rings. The smallest absolute Gasteiger partial charge is 0.419 e. The van der Waals surface area contributed by atoms with Crippen LogP contribution in [0.2, 0.25) is 0 Å². The summed E-state index contributed by atoms with van der Waals surface area (Å²) in [4.78, 5) is 26.0. The van der Waals surface area contributed by atoms with Crippen molar-refractivity contribution in [1.82, 2.24) is 19.8 Å². The van der Waals surface area contributed by atoms with Gasteiger partial charge in [-0.3, -0.25) is 9.69 Å². The van der Waals surface area contributed by atoms with E-state index in [1.165, 1.54) is 9.80 Å². The molecular weight excluding hydrogens is 778 g/mol. The van der Waals surface area contributed by atoms with Gasteiger partial charge in [-0.25, -0.2) is 13.2 Å². The van der Waals surface area contributed by atoms with Gasteiger partial charge >= 0.3 is 18.4 Å². The third kappa shape index (κ3) is 6.81. The highest BCUT2D eigenvalue weighted by Crippen LogP contribution is 2.52. The first-order valence-corrected chi connectivity index (χ1v) is 18.8. The van der Waals surface area contributed by atoms with Gasteiger partial charge in [0.15, 0.2) is 0 Å². The lowest BCUT2D eigenvalue weighted by atomic mass is 9.88. The van der Waals surface area contributed by atoms with Crippen LogP contribution in [0, 0.1) is 23.1 Å².